The SMILES string of the molecule is COc1cc(C)c(S(=O)(=O)N2CCCC[C@@H]2C)cc1C. The zero-order valence-electron chi connectivity index (χ0n) is 12.6. The molecule has 0 radical (unpaired) electrons. The second-order valence-corrected chi connectivity index (χ2v) is 7.41. The molecule has 1 heterocycles. The van der Waals surface area contributed by atoms with E-state index in [1.807, 2.05) is 20.8 Å². The van der Waals surface area contributed by atoms with Crippen LogP contribution in [-0.4, -0.2) is 32.4 Å². The van der Waals surface area contributed by atoms with Gasteiger partial charge in [-0.2, -0.15) is 4.31 Å². The Kier molecular flexibility index (Phi) is 4.39. The zero-order chi connectivity index (χ0) is 14.9. The van der Waals surface area contributed by atoms with Crippen LogP contribution in [0.15, 0.2) is 17.0 Å². The zero-order valence-corrected chi connectivity index (χ0v) is 13.5. The lowest BCUT2D eigenvalue weighted by Crippen LogP contribution is -2.42. The van der Waals surface area contributed by atoms with Crippen molar-refractivity contribution in [2.24, 2.45) is 0 Å². The maximum absolute atomic E-state index is 12.9. The standard InChI is InChI=1S/C15H23NO3S/c1-11-10-15(12(2)9-14(11)19-4)20(17,18)16-8-6-5-7-13(16)3/h9-10,13H,5-8H2,1-4H3/t13-/m0/s1. The van der Waals surface area contributed by atoms with Gasteiger partial charge in [0.1, 0.15) is 5.75 Å². The number of hydrogen-bond donors (Lipinski definition) is 0. The predicted molar refractivity (Wildman–Crippen MR) is 79.7 cm³/mol. The van der Waals surface area contributed by atoms with E-state index in [4.69, 9.17) is 4.74 Å². The molecule has 112 valence electrons. The highest BCUT2D eigenvalue weighted by atomic mass is 32.2. The van der Waals surface area contributed by atoms with Crippen molar-refractivity contribution in [3.63, 3.8) is 0 Å². The maximum Gasteiger partial charge on any atom is 0.243 e. The molecule has 1 aliphatic heterocycles. The second kappa shape index (κ2) is 5.74. The summed E-state index contributed by atoms with van der Waals surface area (Å²) in [5.74, 6) is 0.730. The molecule has 1 aromatic carbocycles. The molecule has 1 atom stereocenters. The molecule has 0 unspecified atom stereocenters. The third-order valence-electron chi connectivity index (χ3n) is 4.02. The van der Waals surface area contributed by atoms with E-state index < -0.39 is 10.0 Å². The smallest absolute Gasteiger partial charge is 0.243 e. The number of piperidine rings is 1. The highest BCUT2D eigenvalue weighted by molar-refractivity contribution is 7.89. The molecule has 20 heavy (non-hydrogen) atoms. The number of sulfonamides is 1. The van der Waals surface area contributed by atoms with E-state index in [1.165, 1.54) is 0 Å². The normalized spacial score (nSPS) is 20.9. The molecule has 1 saturated heterocycles. The minimum absolute atomic E-state index is 0.0792. The van der Waals surface area contributed by atoms with Crippen LogP contribution in [0.2, 0.25) is 0 Å². The maximum atomic E-state index is 12.9. The van der Waals surface area contributed by atoms with Gasteiger partial charge in [0.2, 0.25) is 10.0 Å². The number of methoxy groups -OCH3 is 1. The molecule has 0 amide bonds. The molecule has 5 heteroatoms. The van der Waals surface area contributed by atoms with Crippen LogP contribution in [0, 0.1) is 13.8 Å². The molecule has 0 saturated carbocycles. The summed E-state index contributed by atoms with van der Waals surface area (Å²) in [6.07, 6.45) is 2.99. The lowest BCUT2D eigenvalue weighted by Gasteiger charge is -2.32. The molecule has 0 bridgehead atoms. The Morgan fingerprint density at radius 2 is 1.90 bits per heavy atom. The van der Waals surface area contributed by atoms with E-state index in [1.54, 1.807) is 23.5 Å². The fourth-order valence-corrected chi connectivity index (χ4v) is 4.81. The third kappa shape index (κ3) is 2.69. The molecule has 2 rings (SSSR count). The van der Waals surface area contributed by atoms with Gasteiger partial charge in [-0.3, -0.25) is 0 Å². The average molecular weight is 297 g/mol. The third-order valence-corrected chi connectivity index (χ3v) is 6.18. The van der Waals surface area contributed by atoms with Crippen molar-refractivity contribution in [1.29, 1.82) is 0 Å². The van der Waals surface area contributed by atoms with Crippen LogP contribution in [0.5, 0.6) is 5.75 Å². The van der Waals surface area contributed by atoms with Crippen molar-refractivity contribution < 1.29 is 13.2 Å². The van der Waals surface area contributed by atoms with E-state index >= 15 is 0 Å². The Morgan fingerprint density at radius 1 is 1.20 bits per heavy atom. The van der Waals surface area contributed by atoms with E-state index in [2.05, 4.69) is 0 Å². The largest absolute Gasteiger partial charge is 0.496 e. The van der Waals surface area contributed by atoms with E-state index in [9.17, 15) is 8.42 Å². The van der Waals surface area contributed by atoms with E-state index in [-0.39, 0.29) is 6.04 Å². The van der Waals surface area contributed by atoms with Crippen molar-refractivity contribution in [1.82, 2.24) is 4.31 Å². The molecule has 0 spiro atoms. The Morgan fingerprint density at radius 3 is 2.50 bits per heavy atom. The number of nitrogens with zero attached hydrogens (tertiary/aromatic N) is 1. The molecule has 0 N–H and O–H groups in total. The summed E-state index contributed by atoms with van der Waals surface area (Å²) in [6.45, 7) is 6.30. The van der Waals surface area contributed by atoms with Gasteiger partial charge in [0.15, 0.2) is 0 Å². The molecule has 1 fully saturated rings. The van der Waals surface area contributed by atoms with Gasteiger partial charge in [-0.1, -0.05) is 6.42 Å². The lowest BCUT2D eigenvalue weighted by atomic mass is 10.1. The fourth-order valence-electron chi connectivity index (χ4n) is 2.82. The quantitative estimate of drug-likeness (QED) is 0.862. The van der Waals surface area contributed by atoms with Crippen LogP contribution in [0.1, 0.15) is 37.3 Å². The summed E-state index contributed by atoms with van der Waals surface area (Å²) < 4.78 is 32.6. The number of rotatable bonds is 3. The molecular weight excluding hydrogens is 274 g/mol. The first-order valence-corrected chi connectivity index (χ1v) is 8.49. The lowest BCUT2D eigenvalue weighted by molar-refractivity contribution is 0.268. The number of benzene rings is 1. The minimum atomic E-state index is -3.41. The van der Waals surface area contributed by atoms with Gasteiger partial charge >= 0.3 is 0 Å². The summed E-state index contributed by atoms with van der Waals surface area (Å²) in [4.78, 5) is 0.407. The number of hydrogen-bond acceptors (Lipinski definition) is 3. The van der Waals surface area contributed by atoms with Crippen LogP contribution in [0.3, 0.4) is 0 Å². The van der Waals surface area contributed by atoms with Crippen molar-refractivity contribution in [3.05, 3.63) is 23.3 Å². The van der Waals surface area contributed by atoms with Crippen molar-refractivity contribution in [3.8, 4) is 5.75 Å². The van der Waals surface area contributed by atoms with E-state index in [0.717, 1.165) is 36.1 Å². The molecule has 0 aliphatic carbocycles. The summed E-state index contributed by atoms with van der Waals surface area (Å²) in [5.41, 5.74) is 1.59. The fraction of sp³-hybridized carbons (Fsp3) is 0.600. The van der Waals surface area contributed by atoms with Crippen LogP contribution in [0.4, 0.5) is 0 Å². The monoisotopic (exact) mass is 297 g/mol. The number of ether oxygens (including phenoxy) is 1. The molecule has 1 aliphatic rings. The van der Waals surface area contributed by atoms with Gasteiger partial charge in [-0.05, 0) is 56.9 Å². The van der Waals surface area contributed by atoms with Crippen molar-refractivity contribution in [2.75, 3.05) is 13.7 Å². The second-order valence-electron chi connectivity index (χ2n) is 5.55. The number of aryl methyl sites for hydroxylation is 2. The molecule has 0 aromatic heterocycles. The first-order chi connectivity index (χ1) is 9.37. The first-order valence-electron chi connectivity index (χ1n) is 7.05. The average Bonchev–Trinajstić information content (AvgIpc) is 2.41. The van der Waals surface area contributed by atoms with Gasteiger partial charge < -0.3 is 4.74 Å². The minimum Gasteiger partial charge on any atom is -0.496 e. The summed E-state index contributed by atoms with van der Waals surface area (Å²) >= 11 is 0. The molecule has 4 nitrogen and oxygen atoms in total. The highest BCUT2D eigenvalue weighted by Crippen LogP contribution is 2.30. The summed E-state index contributed by atoms with van der Waals surface area (Å²) in [7, 11) is -1.81. The Bertz CT molecular complexity index is 595. The topological polar surface area (TPSA) is 46.6 Å². The predicted octanol–water partition coefficient (Wildman–Crippen LogP) is 2.88. The Balaban J connectivity index is 2.46. The Labute approximate surface area is 121 Å². The molecule has 1 aromatic rings. The van der Waals surface area contributed by atoms with Crippen LogP contribution >= 0.6 is 0 Å². The van der Waals surface area contributed by atoms with Gasteiger partial charge in [-0.25, -0.2) is 8.42 Å². The van der Waals surface area contributed by atoms with Gasteiger partial charge in [0.25, 0.3) is 0 Å². The highest BCUT2D eigenvalue weighted by Gasteiger charge is 2.32. The van der Waals surface area contributed by atoms with Crippen molar-refractivity contribution >= 4 is 10.0 Å². The molecular formula is C15H23NO3S. The van der Waals surface area contributed by atoms with Gasteiger partial charge in [0, 0.05) is 12.6 Å². The van der Waals surface area contributed by atoms with Gasteiger partial charge in [-0.15, -0.1) is 0 Å². The van der Waals surface area contributed by atoms with E-state index in [0.29, 0.717) is 11.4 Å². The first kappa shape index (κ1) is 15.3. The Hall–Kier alpha value is -1.07. The summed E-state index contributed by atoms with van der Waals surface area (Å²) in [5, 5.41) is 0. The van der Waals surface area contributed by atoms with Gasteiger partial charge in [0.05, 0.1) is 12.0 Å². The van der Waals surface area contributed by atoms with Crippen LogP contribution in [-0.2, 0) is 10.0 Å². The van der Waals surface area contributed by atoms with Crippen LogP contribution in [0.25, 0.3) is 0 Å². The van der Waals surface area contributed by atoms with Crippen LogP contribution < -0.4 is 4.74 Å². The summed E-state index contributed by atoms with van der Waals surface area (Å²) in [6, 6.07) is 3.61. The van der Waals surface area contributed by atoms with Crippen molar-refractivity contribution in [2.45, 2.75) is 51.0 Å².